The summed E-state index contributed by atoms with van der Waals surface area (Å²) in [7, 11) is 0. The van der Waals surface area contributed by atoms with E-state index < -0.39 is 0 Å². The number of rotatable bonds is 3. The van der Waals surface area contributed by atoms with Crippen molar-refractivity contribution in [2.24, 2.45) is 0 Å². The zero-order valence-corrected chi connectivity index (χ0v) is 9.38. The van der Waals surface area contributed by atoms with Crippen LogP contribution in [0.15, 0.2) is 60.7 Å². The number of aliphatic hydroxyl groups excluding tert-OH is 1. The van der Waals surface area contributed by atoms with Gasteiger partial charge < -0.3 is 10.2 Å². The van der Waals surface area contributed by atoms with E-state index in [1.807, 2.05) is 30.3 Å². The summed E-state index contributed by atoms with van der Waals surface area (Å²) in [4.78, 5) is 0. The fraction of sp³-hybridized carbons (Fsp3) is 0.0667. The molecule has 0 unspecified atom stereocenters. The SMILES string of the molecule is O/C(=C\Cc1ccccc1)c1ccccc1O. The zero-order chi connectivity index (χ0) is 12.1. The molecule has 2 N–H and O–H groups in total. The number of benzene rings is 2. The van der Waals surface area contributed by atoms with E-state index in [1.54, 1.807) is 30.3 Å². The minimum Gasteiger partial charge on any atom is -0.508 e. The summed E-state index contributed by atoms with van der Waals surface area (Å²) in [5, 5.41) is 19.4. The standard InChI is InChI=1S/C15H14O2/c16-14-9-5-4-8-13(14)15(17)11-10-12-6-2-1-3-7-12/h1-9,11,16-17H,10H2/b15-11-. The van der Waals surface area contributed by atoms with Crippen molar-refractivity contribution in [3.8, 4) is 5.75 Å². The van der Waals surface area contributed by atoms with Gasteiger partial charge in [0.15, 0.2) is 0 Å². The molecule has 0 spiro atoms. The molecule has 0 aliphatic carbocycles. The van der Waals surface area contributed by atoms with Gasteiger partial charge in [-0.05, 0) is 30.2 Å². The lowest BCUT2D eigenvalue weighted by molar-refractivity contribution is 0.460. The van der Waals surface area contributed by atoms with E-state index >= 15 is 0 Å². The Labute approximate surface area is 100 Å². The van der Waals surface area contributed by atoms with Gasteiger partial charge in [-0.2, -0.15) is 0 Å². The highest BCUT2D eigenvalue weighted by Gasteiger charge is 2.03. The molecule has 0 radical (unpaired) electrons. The molecule has 17 heavy (non-hydrogen) atoms. The van der Waals surface area contributed by atoms with Crippen LogP contribution in [0.5, 0.6) is 5.75 Å². The van der Waals surface area contributed by atoms with E-state index in [2.05, 4.69) is 0 Å². The summed E-state index contributed by atoms with van der Waals surface area (Å²) in [6.07, 6.45) is 2.34. The number of phenolic OH excluding ortho intramolecular Hbond substituents is 1. The highest BCUT2D eigenvalue weighted by Crippen LogP contribution is 2.22. The molecule has 86 valence electrons. The van der Waals surface area contributed by atoms with Gasteiger partial charge in [0.05, 0.1) is 5.56 Å². The molecule has 2 nitrogen and oxygen atoms in total. The van der Waals surface area contributed by atoms with Crippen molar-refractivity contribution < 1.29 is 10.2 Å². The van der Waals surface area contributed by atoms with Crippen LogP contribution in [0.4, 0.5) is 0 Å². The van der Waals surface area contributed by atoms with Crippen molar-refractivity contribution in [1.82, 2.24) is 0 Å². The first-order valence-corrected chi connectivity index (χ1v) is 5.49. The van der Waals surface area contributed by atoms with Gasteiger partial charge in [-0.1, -0.05) is 42.5 Å². The quantitative estimate of drug-likeness (QED) is 0.786. The Morgan fingerprint density at radius 1 is 0.941 bits per heavy atom. The number of aliphatic hydroxyl groups is 1. The van der Waals surface area contributed by atoms with Gasteiger partial charge >= 0.3 is 0 Å². The summed E-state index contributed by atoms with van der Waals surface area (Å²) in [6.45, 7) is 0. The second-order valence-electron chi connectivity index (χ2n) is 3.80. The Hall–Kier alpha value is -2.22. The summed E-state index contributed by atoms with van der Waals surface area (Å²) in [5.41, 5.74) is 1.58. The van der Waals surface area contributed by atoms with Crippen LogP contribution in [0.3, 0.4) is 0 Å². The molecule has 0 amide bonds. The molecule has 2 heteroatoms. The number of hydrogen-bond donors (Lipinski definition) is 2. The van der Waals surface area contributed by atoms with Gasteiger partial charge in [-0.3, -0.25) is 0 Å². The van der Waals surface area contributed by atoms with Gasteiger partial charge in [-0.15, -0.1) is 0 Å². The number of hydrogen-bond acceptors (Lipinski definition) is 2. The Morgan fingerprint density at radius 2 is 1.59 bits per heavy atom. The largest absolute Gasteiger partial charge is 0.508 e. The molecule has 0 bridgehead atoms. The fourth-order valence-electron chi connectivity index (χ4n) is 1.63. The van der Waals surface area contributed by atoms with Crippen molar-refractivity contribution in [3.05, 3.63) is 71.8 Å². The Kier molecular flexibility index (Phi) is 3.46. The van der Waals surface area contributed by atoms with E-state index in [4.69, 9.17) is 0 Å². The lowest BCUT2D eigenvalue weighted by atomic mass is 10.1. The molecule has 0 saturated heterocycles. The van der Waals surface area contributed by atoms with Crippen LogP contribution in [0, 0.1) is 0 Å². The third-order valence-electron chi connectivity index (χ3n) is 2.55. The topological polar surface area (TPSA) is 40.5 Å². The van der Waals surface area contributed by atoms with Gasteiger partial charge in [0.25, 0.3) is 0 Å². The number of allylic oxidation sites excluding steroid dienone is 1. The van der Waals surface area contributed by atoms with Crippen LogP contribution >= 0.6 is 0 Å². The fourth-order valence-corrected chi connectivity index (χ4v) is 1.63. The molecule has 2 aromatic rings. The number of para-hydroxylation sites is 1. The highest BCUT2D eigenvalue weighted by molar-refractivity contribution is 5.64. The van der Waals surface area contributed by atoms with Gasteiger partial charge in [0.2, 0.25) is 0 Å². The lowest BCUT2D eigenvalue weighted by Crippen LogP contribution is -1.86. The maximum Gasteiger partial charge on any atom is 0.126 e. The Morgan fingerprint density at radius 3 is 2.29 bits per heavy atom. The normalized spacial score (nSPS) is 11.4. The number of aromatic hydroxyl groups is 1. The molecule has 0 saturated carbocycles. The van der Waals surface area contributed by atoms with Gasteiger partial charge in [0.1, 0.15) is 11.5 Å². The molecular formula is C15H14O2. The van der Waals surface area contributed by atoms with Crippen molar-refractivity contribution in [1.29, 1.82) is 0 Å². The van der Waals surface area contributed by atoms with Crippen LogP contribution in [-0.4, -0.2) is 10.2 Å². The minimum absolute atomic E-state index is 0.0920. The van der Waals surface area contributed by atoms with E-state index in [-0.39, 0.29) is 11.5 Å². The maximum atomic E-state index is 9.86. The molecule has 0 heterocycles. The predicted octanol–water partition coefficient (Wildman–Crippen LogP) is 3.53. The molecule has 0 fully saturated rings. The van der Waals surface area contributed by atoms with Crippen molar-refractivity contribution in [2.45, 2.75) is 6.42 Å². The predicted molar refractivity (Wildman–Crippen MR) is 68.9 cm³/mol. The summed E-state index contributed by atoms with van der Waals surface area (Å²) >= 11 is 0. The second-order valence-corrected chi connectivity index (χ2v) is 3.80. The maximum absolute atomic E-state index is 9.86. The first-order valence-electron chi connectivity index (χ1n) is 5.49. The molecule has 0 aromatic heterocycles. The third kappa shape index (κ3) is 2.88. The number of phenols is 1. The van der Waals surface area contributed by atoms with Crippen LogP contribution in [-0.2, 0) is 6.42 Å². The third-order valence-corrected chi connectivity index (χ3v) is 2.55. The van der Waals surface area contributed by atoms with Gasteiger partial charge in [-0.25, -0.2) is 0 Å². The summed E-state index contributed by atoms with van der Waals surface area (Å²) in [6, 6.07) is 16.6. The highest BCUT2D eigenvalue weighted by atomic mass is 16.3. The summed E-state index contributed by atoms with van der Waals surface area (Å²) < 4.78 is 0. The van der Waals surface area contributed by atoms with Crippen LogP contribution in [0.1, 0.15) is 11.1 Å². The van der Waals surface area contributed by atoms with E-state index in [9.17, 15) is 10.2 Å². The molecular weight excluding hydrogens is 212 g/mol. The van der Waals surface area contributed by atoms with Gasteiger partial charge in [0, 0.05) is 0 Å². The average Bonchev–Trinajstić information content (AvgIpc) is 2.38. The van der Waals surface area contributed by atoms with Crippen molar-refractivity contribution >= 4 is 5.76 Å². The van der Waals surface area contributed by atoms with Crippen LogP contribution in [0.25, 0.3) is 5.76 Å². The zero-order valence-electron chi connectivity index (χ0n) is 9.38. The summed E-state index contributed by atoms with van der Waals surface area (Å²) in [5.74, 6) is 0.196. The van der Waals surface area contributed by atoms with E-state index in [1.165, 1.54) is 0 Å². The van der Waals surface area contributed by atoms with E-state index in [0.29, 0.717) is 12.0 Å². The van der Waals surface area contributed by atoms with Crippen molar-refractivity contribution in [3.63, 3.8) is 0 Å². The molecule has 2 rings (SSSR count). The first kappa shape index (κ1) is 11.3. The van der Waals surface area contributed by atoms with Crippen LogP contribution < -0.4 is 0 Å². The molecule has 2 aromatic carbocycles. The lowest BCUT2D eigenvalue weighted by Gasteiger charge is -2.03. The second kappa shape index (κ2) is 5.21. The smallest absolute Gasteiger partial charge is 0.126 e. The van der Waals surface area contributed by atoms with Crippen molar-refractivity contribution in [2.75, 3.05) is 0 Å². The average molecular weight is 226 g/mol. The minimum atomic E-state index is 0.0920. The molecule has 0 aliphatic rings. The Balaban J connectivity index is 2.16. The molecule has 0 atom stereocenters. The monoisotopic (exact) mass is 226 g/mol. The first-order chi connectivity index (χ1) is 8.27. The van der Waals surface area contributed by atoms with E-state index in [0.717, 1.165) is 5.56 Å². The van der Waals surface area contributed by atoms with Crippen LogP contribution in [0.2, 0.25) is 0 Å². The Bertz CT molecular complexity index is 515. The molecule has 0 aliphatic heterocycles.